The van der Waals surface area contributed by atoms with Crippen molar-refractivity contribution in [2.75, 3.05) is 13.1 Å². The Bertz CT molecular complexity index is 574. The van der Waals surface area contributed by atoms with Crippen LogP contribution in [0.3, 0.4) is 0 Å². The Kier molecular flexibility index (Phi) is 3.35. The van der Waals surface area contributed by atoms with Crippen LogP contribution >= 0.6 is 15.9 Å². The zero-order chi connectivity index (χ0) is 13.4. The van der Waals surface area contributed by atoms with Crippen molar-refractivity contribution in [1.29, 1.82) is 0 Å². The number of halogens is 1. The van der Waals surface area contributed by atoms with Crippen molar-refractivity contribution in [3.63, 3.8) is 0 Å². The summed E-state index contributed by atoms with van der Waals surface area (Å²) < 4.78 is 5.64. The number of nitrogens with zero attached hydrogens (tertiary/aromatic N) is 1. The zero-order valence-corrected chi connectivity index (χ0v) is 12.4. The number of hydrogen-bond donors (Lipinski definition) is 0. The normalized spacial score (nSPS) is 23.8. The van der Waals surface area contributed by atoms with Gasteiger partial charge in [0, 0.05) is 23.3 Å². The quantitative estimate of drug-likeness (QED) is 0.751. The van der Waals surface area contributed by atoms with Crippen LogP contribution in [0, 0.1) is 5.92 Å². The van der Waals surface area contributed by atoms with E-state index >= 15 is 0 Å². The Morgan fingerprint density at radius 2 is 2.21 bits per heavy atom. The molecule has 1 aromatic heterocycles. The van der Waals surface area contributed by atoms with Crippen LogP contribution in [0.2, 0.25) is 0 Å². The first-order valence-corrected chi connectivity index (χ1v) is 7.48. The Morgan fingerprint density at radius 3 is 2.95 bits per heavy atom. The average Bonchev–Trinajstić information content (AvgIpc) is 2.85. The molecule has 2 heterocycles. The Labute approximate surface area is 120 Å². The summed E-state index contributed by atoms with van der Waals surface area (Å²) in [5, 5.41) is 0.978. The van der Waals surface area contributed by atoms with Gasteiger partial charge in [0.1, 0.15) is 5.58 Å². The van der Waals surface area contributed by atoms with Crippen LogP contribution in [0.25, 0.3) is 11.0 Å². The number of amides is 1. The van der Waals surface area contributed by atoms with Crippen molar-refractivity contribution < 1.29 is 9.21 Å². The maximum Gasteiger partial charge on any atom is 0.289 e. The molecule has 0 bridgehead atoms. The molecule has 1 fully saturated rings. The van der Waals surface area contributed by atoms with Gasteiger partial charge in [0.25, 0.3) is 5.91 Å². The lowest BCUT2D eigenvalue weighted by Crippen LogP contribution is -2.43. The molecule has 1 aliphatic rings. The number of alkyl halides is 1. The SMILES string of the molecule is CC1CCN(C(=O)c2cc3ccccc3o2)CC1Br. The first kappa shape index (κ1) is 12.7. The second-order valence-corrected chi connectivity index (χ2v) is 6.36. The smallest absolute Gasteiger partial charge is 0.289 e. The summed E-state index contributed by atoms with van der Waals surface area (Å²) in [7, 11) is 0. The number of furan rings is 1. The number of fused-ring (bicyclic) bond motifs is 1. The molecule has 3 rings (SSSR count). The van der Waals surface area contributed by atoms with Gasteiger partial charge in [-0.1, -0.05) is 41.1 Å². The number of benzene rings is 1. The summed E-state index contributed by atoms with van der Waals surface area (Å²) in [6.07, 6.45) is 1.03. The zero-order valence-electron chi connectivity index (χ0n) is 10.8. The maximum atomic E-state index is 12.4. The van der Waals surface area contributed by atoms with Gasteiger partial charge in [-0.05, 0) is 24.5 Å². The van der Waals surface area contributed by atoms with Gasteiger partial charge < -0.3 is 9.32 Å². The summed E-state index contributed by atoms with van der Waals surface area (Å²) >= 11 is 3.65. The molecule has 0 saturated carbocycles. The van der Waals surface area contributed by atoms with Crippen LogP contribution in [0.15, 0.2) is 34.7 Å². The van der Waals surface area contributed by atoms with Crippen LogP contribution in [0.5, 0.6) is 0 Å². The molecular formula is C15H16BrNO2. The van der Waals surface area contributed by atoms with Gasteiger partial charge >= 0.3 is 0 Å². The predicted molar refractivity (Wildman–Crippen MR) is 78.6 cm³/mol. The van der Waals surface area contributed by atoms with Gasteiger partial charge in [-0.2, -0.15) is 0 Å². The number of rotatable bonds is 1. The van der Waals surface area contributed by atoms with Crippen molar-refractivity contribution in [2.45, 2.75) is 18.2 Å². The fraction of sp³-hybridized carbons (Fsp3) is 0.400. The van der Waals surface area contributed by atoms with E-state index in [-0.39, 0.29) is 5.91 Å². The number of likely N-dealkylation sites (tertiary alicyclic amines) is 1. The second-order valence-electron chi connectivity index (χ2n) is 5.18. The Balaban J connectivity index is 1.83. The standard InChI is InChI=1S/C15H16BrNO2/c1-10-6-7-17(9-12(10)16)15(18)14-8-11-4-2-3-5-13(11)19-14/h2-5,8,10,12H,6-7,9H2,1H3. The van der Waals surface area contributed by atoms with E-state index < -0.39 is 0 Å². The molecule has 3 nitrogen and oxygen atoms in total. The van der Waals surface area contributed by atoms with Gasteiger partial charge in [0.05, 0.1) is 0 Å². The van der Waals surface area contributed by atoms with Crippen LogP contribution in [-0.2, 0) is 0 Å². The third-order valence-corrected chi connectivity index (χ3v) is 4.98. The number of hydrogen-bond acceptors (Lipinski definition) is 2. The molecule has 0 aliphatic carbocycles. The molecule has 2 unspecified atom stereocenters. The Morgan fingerprint density at radius 1 is 1.42 bits per heavy atom. The van der Waals surface area contributed by atoms with E-state index in [0.717, 1.165) is 30.5 Å². The van der Waals surface area contributed by atoms with E-state index in [4.69, 9.17) is 4.42 Å². The molecule has 0 spiro atoms. The van der Waals surface area contributed by atoms with Gasteiger partial charge in [-0.15, -0.1) is 0 Å². The average molecular weight is 322 g/mol. The minimum atomic E-state index is -0.00690. The number of para-hydroxylation sites is 1. The van der Waals surface area contributed by atoms with Gasteiger partial charge in [0.15, 0.2) is 5.76 Å². The molecule has 1 amide bonds. The van der Waals surface area contributed by atoms with Gasteiger partial charge in [-0.3, -0.25) is 4.79 Å². The molecule has 4 heteroatoms. The first-order chi connectivity index (χ1) is 9.15. The monoisotopic (exact) mass is 321 g/mol. The molecule has 2 atom stereocenters. The molecule has 19 heavy (non-hydrogen) atoms. The highest BCUT2D eigenvalue weighted by molar-refractivity contribution is 9.09. The topological polar surface area (TPSA) is 33.5 Å². The van der Waals surface area contributed by atoms with E-state index in [0.29, 0.717) is 16.5 Å². The summed E-state index contributed by atoms with van der Waals surface area (Å²) in [6, 6.07) is 9.54. The van der Waals surface area contributed by atoms with Crippen molar-refractivity contribution >= 4 is 32.8 Å². The van der Waals surface area contributed by atoms with Crippen LogP contribution < -0.4 is 0 Å². The van der Waals surface area contributed by atoms with E-state index in [9.17, 15) is 4.79 Å². The molecular weight excluding hydrogens is 306 g/mol. The van der Waals surface area contributed by atoms with Crippen molar-refractivity contribution in [2.24, 2.45) is 5.92 Å². The lowest BCUT2D eigenvalue weighted by molar-refractivity contribution is 0.0676. The molecule has 1 aliphatic heterocycles. The lowest BCUT2D eigenvalue weighted by atomic mass is 9.99. The highest BCUT2D eigenvalue weighted by Crippen LogP contribution is 2.26. The maximum absolute atomic E-state index is 12.4. The van der Waals surface area contributed by atoms with E-state index in [2.05, 4.69) is 22.9 Å². The molecule has 100 valence electrons. The van der Waals surface area contributed by atoms with Crippen LogP contribution in [-0.4, -0.2) is 28.7 Å². The molecule has 2 aromatic rings. The van der Waals surface area contributed by atoms with E-state index in [1.54, 1.807) is 0 Å². The van der Waals surface area contributed by atoms with Crippen molar-refractivity contribution in [3.8, 4) is 0 Å². The summed E-state index contributed by atoms with van der Waals surface area (Å²) in [5.74, 6) is 1.04. The van der Waals surface area contributed by atoms with E-state index in [1.165, 1.54) is 0 Å². The van der Waals surface area contributed by atoms with Crippen molar-refractivity contribution in [1.82, 2.24) is 4.90 Å². The fourth-order valence-corrected chi connectivity index (χ4v) is 3.06. The number of piperidine rings is 1. The number of carbonyl (C=O) groups is 1. The molecule has 0 radical (unpaired) electrons. The summed E-state index contributed by atoms with van der Waals surface area (Å²) in [5.41, 5.74) is 0.770. The Hall–Kier alpha value is -1.29. The third kappa shape index (κ3) is 2.41. The fourth-order valence-electron chi connectivity index (χ4n) is 2.45. The molecule has 0 N–H and O–H groups in total. The third-order valence-electron chi connectivity index (χ3n) is 3.79. The summed E-state index contributed by atoms with van der Waals surface area (Å²) in [4.78, 5) is 14.7. The predicted octanol–water partition coefficient (Wildman–Crippen LogP) is 3.68. The minimum absolute atomic E-state index is 0.00690. The first-order valence-electron chi connectivity index (χ1n) is 6.57. The molecule has 1 saturated heterocycles. The van der Waals surface area contributed by atoms with Crippen LogP contribution in [0.1, 0.15) is 23.9 Å². The lowest BCUT2D eigenvalue weighted by Gasteiger charge is -2.33. The second kappa shape index (κ2) is 5.00. The van der Waals surface area contributed by atoms with Crippen LogP contribution in [0.4, 0.5) is 0 Å². The van der Waals surface area contributed by atoms with Gasteiger partial charge in [0.2, 0.25) is 0 Å². The largest absolute Gasteiger partial charge is 0.451 e. The highest BCUT2D eigenvalue weighted by atomic mass is 79.9. The summed E-state index contributed by atoms with van der Waals surface area (Å²) in [6.45, 7) is 3.76. The van der Waals surface area contributed by atoms with Crippen molar-refractivity contribution in [3.05, 3.63) is 36.1 Å². The minimum Gasteiger partial charge on any atom is -0.451 e. The van der Waals surface area contributed by atoms with E-state index in [1.807, 2.05) is 35.2 Å². The number of carbonyl (C=O) groups excluding carboxylic acids is 1. The molecule has 1 aromatic carbocycles. The highest BCUT2D eigenvalue weighted by Gasteiger charge is 2.29. The van der Waals surface area contributed by atoms with Gasteiger partial charge in [-0.25, -0.2) is 0 Å².